The van der Waals surface area contributed by atoms with Crippen LogP contribution in [0.5, 0.6) is 17.2 Å². The van der Waals surface area contributed by atoms with Gasteiger partial charge in [-0.3, -0.25) is 9.59 Å². The predicted molar refractivity (Wildman–Crippen MR) is 88.7 cm³/mol. The lowest BCUT2D eigenvalue weighted by atomic mass is 9.93. The van der Waals surface area contributed by atoms with Gasteiger partial charge in [-0.05, 0) is 30.7 Å². The van der Waals surface area contributed by atoms with Gasteiger partial charge in [-0.1, -0.05) is 0 Å². The van der Waals surface area contributed by atoms with Crippen LogP contribution in [0.3, 0.4) is 0 Å². The van der Waals surface area contributed by atoms with E-state index in [1.807, 2.05) is 0 Å². The van der Waals surface area contributed by atoms with E-state index in [-0.39, 0.29) is 23.5 Å². The Morgan fingerprint density at radius 2 is 1.79 bits per heavy atom. The van der Waals surface area contributed by atoms with E-state index in [0.717, 1.165) is 0 Å². The summed E-state index contributed by atoms with van der Waals surface area (Å²) < 4.78 is 15.8. The van der Waals surface area contributed by atoms with E-state index in [0.29, 0.717) is 35.7 Å². The fourth-order valence-corrected chi connectivity index (χ4v) is 2.61. The number of hydrogen-bond acceptors (Lipinski definition) is 6. The summed E-state index contributed by atoms with van der Waals surface area (Å²) >= 11 is 0. The van der Waals surface area contributed by atoms with Crippen LogP contribution in [0.2, 0.25) is 0 Å². The zero-order valence-corrected chi connectivity index (χ0v) is 13.9. The van der Waals surface area contributed by atoms with Gasteiger partial charge in [0.2, 0.25) is 5.75 Å². The normalized spacial score (nSPS) is 14.9. The summed E-state index contributed by atoms with van der Waals surface area (Å²) in [5.74, 6) is 0.335. The molecule has 0 atom stereocenters. The zero-order chi connectivity index (χ0) is 17.7. The van der Waals surface area contributed by atoms with Crippen LogP contribution in [0.25, 0.3) is 6.08 Å². The Hall–Kier alpha value is -2.76. The molecule has 6 nitrogen and oxygen atoms in total. The Bertz CT molecular complexity index is 714. The minimum absolute atomic E-state index is 0.128. The quantitative estimate of drug-likeness (QED) is 0.637. The summed E-state index contributed by atoms with van der Waals surface area (Å²) in [4.78, 5) is 24.1. The Labute approximate surface area is 140 Å². The highest BCUT2D eigenvalue weighted by atomic mass is 16.5. The van der Waals surface area contributed by atoms with Crippen molar-refractivity contribution in [1.82, 2.24) is 0 Å². The number of rotatable bonds is 6. The van der Waals surface area contributed by atoms with E-state index in [4.69, 9.17) is 14.2 Å². The van der Waals surface area contributed by atoms with Crippen molar-refractivity contribution in [2.45, 2.75) is 19.3 Å². The number of carbonyl (C=O) groups is 2. The first-order valence-corrected chi connectivity index (χ1v) is 7.50. The van der Waals surface area contributed by atoms with E-state index in [1.165, 1.54) is 33.5 Å². The van der Waals surface area contributed by atoms with Gasteiger partial charge >= 0.3 is 0 Å². The number of allylic oxidation sites excluding steroid dienone is 3. The number of aliphatic hydroxyl groups is 1. The fourth-order valence-electron chi connectivity index (χ4n) is 2.61. The maximum Gasteiger partial charge on any atom is 0.203 e. The van der Waals surface area contributed by atoms with Gasteiger partial charge in [-0.15, -0.1) is 0 Å². The highest BCUT2D eigenvalue weighted by Crippen LogP contribution is 2.40. The Morgan fingerprint density at radius 3 is 2.38 bits per heavy atom. The molecule has 0 unspecified atom stereocenters. The Balaban J connectivity index is 2.35. The molecule has 6 heteroatoms. The van der Waals surface area contributed by atoms with E-state index < -0.39 is 5.78 Å². The first kappa shape index (κ1) is 17.6. The number of Topliss-reactive ketones (excluding diaryl/α,β-unsaturated/α-hetero) is 1. The standard InChI is InChI=1S/C18H20O6/c1-22-15-10-8-11(17(23-2)18(15)24-3)7-9-14(21)16-12(19)5-4-6-13(16)20/h7-10,19H,4-6H2,1-3H3/b9-7+. The SMILES string of the molecule is COc1ccc(/C=C/C(=O)C2=C(O)CCCC2=O)c(OC)c1OC. The first-order valence-electron chi connectivity index (χ1n) is 7.50. The third-order valence-electron chi connectivity index (χ3n) is 3.78. The van der Waals surface area contributed by atoms with Crippen molar-refractivity contribution in [3.05, 3.63) is 35.1 Å². The molecule has 1 aromatic rings. The van der Waals surface area contributed by atoms with Crippen molar-refractivity contribution in [3.8, 4) is 17.2 Å². The molecule has 24 heavy (non-hydrogen) atoms. The second-order valence-corrected chi connectivity index (χ2v) is 5.22. The molecule has 0 saturated carbocycles. The van der Waals surface area contributed by atoms with Crippen molar-refractivity contribution in [2.24, 2.45) is 0 Å². The van der Waals surface area contributed by atoms with Crippen LogP contribution >= 0.6 is 0 Å². The van der Waals surface area contributed by atoms with E-state index in [1.54, 1.807) is 12.1 Å². The molecule has 1 aromatic carbocycles. The number of benzene rings is 1. The lowest BCUT2D eigenvalue weighted by Gasteiger charge is -2.14. The van der Waals surface area contributed by atoms with Gasteiger partial charge in [0.05, 0.1) is 21.3 Å². The molecule has 0 heterocycles. The summed E-state index contributed by atoms with van der Waals surface area (Å²) in [5.41, 5.74) is 0.462. The second-order valence-electron chi connectivity index (χ2n) is 5.22. The zero-order valence-electron chi connectivity index (χ0n) is 13.9. The Morgan fingerprint density at radius 1 is 1.08 bits per heavy atom. The highest BCUT2D eigenvalue weighted by Gasteiger charge is 2.25. The van der Waals surface area contributed by atoms with Gasteiger partial charge in [-0.2, -0.15) is 0 Å². The second kappa shape index (κ2) is 7.68. The molecule has 1 N–H and O–H groups in total. The maximum absolute atomic E-state index is 12.2. The van der Waals surface area contributed by atoms with Gasteiger partial charge in [0.1, 0.15) is 11.3 Å². The average molecular weight is 332 g/mol. The smallest absolute Gasteiger partial charge is 0.203 e. The fraction of sp³-hybridized carbons (Fsp3) is 0.333. The van der Waals surface area contributed by atoms with Crippen molar-refractivity contribution in [1.29, 1.82) is 0 Å². The maximum atomic E-state index is 12.2. The lowest BCUT2D eigenvalue weighted by Crippen LogP contribution is -2.17. The summed E-state index contributed by atoms with van der Waals surface area (Å²) in [6.07, 6.45) is 3.96. The van der Waals surface area contributed by atoms with Gasteiger partial charge in [0.15, 0.2) is 23.1 Å². The number of aliphatic hydroxyl groups excluding tert-OH is 1. The van der Waals surface area contributed by atoms with Crippen LogP contribution in [0, 0.1) is 0 Å². The molecule has 0 fully saturated rings. The molecule has 0 radical (unpaired) electrons. The van der Waals surface area contributed by atoms with E-state index in [2.05, 4.69) is 0 Å². The summed E-state index contributed by atoms with van der Waals surface area (Å²) in [6.45, 7) is 0. The van der Waals surface area contributed by atoms with E-state index in [9.17, 15) is 14.7 Å². The molecule has 128 valence electrons. The average Bonchev–Trinajstić information content (AvgIpc) is 2.58. The molecule has 1 aliphatic carbocycles. The summed E-state index contributed by atoms with van der Waals surface area (Å²) in [7, 11) is 4.48. The topological polar surface area (TPSA) is 82.1 Å². The molecule has 0 amide bonds. The van der Waals surface area contributed by atoms with Gasteiger partial charge in [0, 0.05) is 18.4 Å². The number of carbonyl (C=O) groups excluding carboxylic acids is 2. The number of ketones is 2. The third kappa shape index (κ3) is 3.42. The van der Waals surface area contributed by atoms with Gasteiger partial charge in [0.25, 0.3) is 0 Å². The molecule has 0 aliphatic heterocycles. The van der Waals surface area contributed by atoms with Crippen molar-refractivity contribution in [3.63, 3.8) is 0 Å². The summed E-state index contributed by atoms with van der Waals surface area (Å²) in [5, 5.41) is 9.80. The molecule has 1 aliphatic rings. The molecule has 2 rings (SSSR count). The molecular formula is C18H20O6. The highest BCUT2D eigenvalue weighted by molar-refractivity contribution is 6.25. The molecule has 0 bridgehead atoms. The number of ether oxygens (including phenoxy) is 3. The number of methoxy groups -OCH3 is 3. The van der Waals surface area contributed by atoms with Gasteiger partial charge < -0.3 is 19.3 Å². The molecule has 0 aromatic heterocycles. The van der Waals surface area contributed by atoms with Crippen LogP contribution in [0.1, 0.15) is 24.8 Å². The molecular weight excluding hydrogens is 312 g/mol. The minimum atomic E-state index is -0.519. The van der Waals surface area contributed by atoms with Crippen molar-refractivity contribution >= 4 is 17.6 Å². The molecule has 0 spiro atoms. The van der Waals surface area contributed by atoms with E-state index >= 15 is 0 Å². The third-order valence-corrected chi connectivity index (χ3v) is 3.78. The number of hydrogen-bond donors (Lipinski definition) is 1. The van der Waals surface area contributed by atoms with Crippen LogP contribution in [0.15, 0.2) is 29.5 Å². The minimum Gasteiger partial charge on any atom is -0.511 e. The van der Waals surface area contributed by atoms with Crippen LogP contribution < -0.4 is 14.2 Å². The summed E-state index contributed by atoms with van der Waals surface area (Å²) in [6, 6.07) is 3.40. The van der Waals surface area contributed by atoms with Crippen LogP contribution in [-0.2, 0) is 9.59 Å². The molecule has 0 saturated heterocycles. The largest absolute Gasteiger partial charge is 0.511 e. The first-order chi connectivity index (χ1) is 11.5. The van der Waals surface area contributed by atoms with Crippen molar-refractivity contribution < 1.29 is 28.9 Å². The lowest BCUT2D eigenvalue weighted by molar-refractivity contribution is -0.120. The van der Waals surface area contributed by atoms with Crippen LogP contribution in [-0.4, -0.2) is 38.0 Å². The Kier molecular flexibility index (Phi) is 5.63. The van der Waals surface area contributed by atoms with Gasteiger partial charge in [-0.25, -0.2) is 0 Å². The predicted octanol–water partition coefficient (Wildman–Crippen LogP) is 2.86. The monoisotopic (exact) mass is 332 g/mol. The van der Waals surface area contributed by atoms with Crippen LogP contribution in [0.4, 0.5) is 0 Å². The van der Waals surface area contributed by atoms with Crippen molar-refractivity contribution in [2.75, 3.05) is 21.3 Å².